The molecule has 57 heavy (non-hydrogen) atoms. The van der Waals surface area contributed by atoms with Crippen molar-refractivity contribution in [1.29, 1.82) is 0 Å². The monoisotopic (exact) mass is 834 g/mol. The van der Waals surface area contributed by atoms with E-state index in [1.807, 2.05) is 0 Å². The minimum absolute atomic E-state index is 0.0769. The van der Waals surface area contributed by atoms with Crippen molar-refractivity contribution in [3.05, 3.63) is 49.0 Å². The Morgan fingerprint density at radius 2 is 0.754 bits per heavy atom. The number of ether oxygens (including phenoxy) is 12. The minimum Gasteiger partial charge on any atom is -0.428 e. The van der Waals surface area contributed by atoms with E-state index >= 15 is 8.42 Å². The summed E-state index contributed by atoms with van der Waals surface area (Å²) >= 11 is 0. The van der Waals surface area contributed by atoms with Gasteiger partial charge in [-0.2, -0.15) is 0 Å². The number of sulfone groups is 1. The van der Waals surface area contributed by atoms with Crippen molar-refractivity contribution < 1.29 is 74.8 Å². The number of hydrogen-bond acceptors (Lipinski definition) is 16. The van der Waals surface area contributed by atoms with E-state index in [0.717, 1.165) is 24.3 Å². The molecule has 0 saturated heterocycles. The van der Waals surface area contributed by atoms with Gasteiger partial charge in [-0.3, -0.25) is 0 Å². The largest absolute Gasteiger partial charge is 0.428 e. The van der Waals surface area contributed by atoms with Crippen LogP contribution >= 0.6 is 0 Å². The summed E-state index contributed by atoms with van der Waals surface area (Å²) in [6, 6.07) is 0. The van der Waals surface area contributed by atoms with Crippen LogP contribution in [-0.2, 0) is 76.3 Å². The van der Waals surface area contributed by atoms with E-state index < -0.39 is 66.6 Å². The molecule has 4 unspecified atom stereocenters. The summed E-state index contributed by atoms with van der Waals surface area (Å²) in [4.78, 5) is 20.2. The standard InChI is InChI=1S/C40H66O16S/c1-15-33(41)55-31-27-35(45-17-3,39(51-23-9,52-24-10)37(29(31)13,47-19-5)48-20-6)57(43,44)36(46-18-4)28-32(56-34(42)16-2)30(14)38(49-21-7,50-22-8)40(36,53-25-11)54-26-12/h15-16,27-30H,1-2,17-26H2,3-14H3. The highest BCUT2D eigenvalue weighted by molar-refractivity contribution is 7.94. The summed E-state index contributed by atoms with van der Waals surface area (Å²) in [5.41, 5.74) is 0. The number of carbonyl (C=O) groups is 2. The number of hydrogen-bond donors (Lipinski definition) is 0. The van der Waals surface area contributed by atoms with Crippen molar-refractivity contribution >= 4 is 21.8 Å². The molecular weight excluding hydrogens is 768 g/mol. The van der Waals surface area contributed by atoms with E-state index in [2.05, 4.69) is 13.2 Å². The van der Waals surface area contributed by atoms with Crippen LogP contribution in [-0.4, -0.2) is 119 Å². The molecule has 0 fully saturated rings. The van der Waals surface area contributed by atoms with Gasteiger partial charge in [0.05, 0.1) is 11.8 Å². The maximum atomic E-state index is 17.1. The van der Waals surface area contributed by atoms with Gasteiger partial charge in [0.25, 0.3) is 21.4 Å². The topological polar surface area (TPSA) is 179 Å². The molecule has 2 aliphatic carbocycles. The van der Waals surface area contributed by atoms with Crippen molar-refractivity contribution in [3.63, 3.8) is 0 Å². The van der Waals surface area contributed by atoms with Gasteiger partial charge in [-0.15, -0.1) is 0 Å². The Labute approximate surface area is 339 Å². The maximum Gasteiger partial charge on any atom is 0.335 e. The molecule has 0 heterocycles. The molecule has 0 bridgehead atoms. The van der Waals surface area contributed by atoms with Crippen molar-refractivity contribution in [2.75, 3.05) is 66.1 Å². The van der Waals surface area contributed by atoms with Crippen molar-refractivity contribution in [1.82, 2.24) is 0 Å². The smallest absolute Gasteiger partial charge is 0.335 e. The van der Waals surface area contributed by atoms with Gasteiger partial charge in [-0.05, 0) is 83.1 Å². The van der Waals surface area contributed by atoms with Gasteiger partial charge in [0.1, 0.15) is 11.5 Å². The molecule has 2 aliphatic rings. The second-order valence-corrected chi connectivity index (χ2v) is 14.7. The third-order valence-corrected chi connectivity index (χ3v) is 12.2. The first kappa shape index (κ1) is 50.6. The maximum absolute atomic E-state index is 17.1. The summed E-state index contributed by atoms with van der Waals surface area (Å²) in [5, 5.41) is 0. The van der Waals surface area contributed by atoms with Crippen molar-refractivity contribution in [3.8, 4) is 0 Å². The Kier molecular flexibility index (Phi) is 18.7. The van der Waals surface area contributed by atoms with Gasteiger partial charge in [-0.25, -0.2) is 18.0 Å². The van der Waals surface area contributed by atoms with Crippen LogP contribution in [0.2, 0.25) is 0 Å². The lowest BCUT2D eigenvalue weighted by Crippen LogP contribution is -2.85. The molecule has 2 rings (SSSR count). The predicted molar refractivity (Wildman–Crippen MR) is 209 cm³/mol. The van der Waals surface area contributed by atoms with Crippen LogP contribution in [0.5, 0.6) is 0 Å². The molecule has 0 N–H and O–H groups in total. The van der Waals surface area contributed by atoms with Crippen LogP contribution in [0, 0.1) is 11.8 Å². The normalized spacial score (nSPS) is 26.2. The van der Waals surface area contributed by atoms with Gasteiger partial charge < -0.3 is 56.8 Å². The zero-order chi connectivity index (χ0) is 43.3. The van der Waals surface area contributed by atoms with E-state index in [-0.39, 0.29) is 77.6 Å². The van der Waals surface area contributed by atoms with Crippen LogP contribution in [0.3, 0.4) is 0 Å². The summed E-state index contributed by atoms with van der Waals surface area (Å²) in [6.45, 7) is 24.9. The molecular formula is C40H66O16S. The summed E-state index contributed by atoms with van der Waals surface area (Å²) < 4.78 is 112. The quantitative estimate of drug-likeness (QED) is 0.0608. The molecule has 16 nitrogen and oxygen atoms in total. The van der Waals surface area contributed by atoms with Gasteiger partial charge >= 0.3 is 11.9 Å². The van der Waals surface area contributed by atoms with E-state index in [1.54, 1.807) is 83.1 Å². The third kappa shape index (κ3) is 7.94. The fourth-order valence-electron chi connectivity index (χ4n) is 7.91. The number of carbonyl (C=O) groups excluding carboxylic acids is 2. The second-order valence-electron chi connectivity index (χ2n) is 12.5. The van der Waals surface area contributed by atoms with Gasteiger partial charge in [0, 0.05) is 90.4 Å². The molecule has 17 heteroatoms. The molecule has 0 radical (unpaired) electrons. The highest BCUT2D eigenvalue weighted by atomic mass is 32.2. The van der Waals surface area contributed by atoms with Crippen LogP contribution < -0.4 is 0 Å². The third-order valence-electron chi connectivity index (χ3n) is 9.60. The fraction of sp³-hybridized carbons (Fsp3) is 0.750. The second kappa shape index (κ2) is 21.1. The van der Waals surface area contributed by atoms with Crippen molar-refractivity contribution in [2.24, 2.45) is 11.8 Å². The van der Waals surface area contributed by atoms with Crippen LogP contribution in [0.1, 0.15) is 83.1 Å². The van der Waals surface area contributed by atoms with Crippen LogP contribution in [0.4, 0.5) is 0 Å². The Balaban J connectivity index is 3.75. The predicted octanol–water partition coefficient (Wildman–Crippen LogP) is 5.47. The zero-order valence-corrected chi connectivity index (χ0v) is 36.7. The first-order chi connectivity index (χ1) is 27.0. The highest BCUT2D eigenvalue weighted by Crippen LogP contribution is 2.63. The lowest BCUT2D eigenvalue weighted by Gasteiger charge is -2.63. The van der Waals surface area contributed by atoms with E-state index in [0.29, 0.717) is 0 Å². The minimum atomic E-state index is -5.60. The molecule has 0 aliphatic heterocycles. The zero-order valence-electron chi connectivity index (χ0n) is 35.9. The summed E-state index contributed by atoms with van der Waals surface area (Å²) in [5.74, 6) is -14.3. The van der Waals surface area contributed by atoms with Crippen LogP contribution in [0.15, 0.2) is 49.0 Å². The van der Waals surface area contributed by atoms with E-state index in [4.69, 9.17) is 56.8 Å². The van der Waals surface area contributed by atoms with Gasteiger partial charge in [-0.1, -0.05) is 13.2 Å². The van der Waals surface area contributed by atoms with E-state index in [1.165, 1.54) is 0 Å². The molecule has 328 valence electrons. The van der Waals surface area contributed by atoms with Gasteiger partial charge in [0.15, 0.2) is 0 Å². The Hall–Kier alpha value is -2.55. The molecule has 0 aromatic heterocycles. The molecule has 4 atom stereocenters. The molecule has 0 aromatic rings. The fourth-order valence-corrected chi connectivity index (χ4v) is 10.7. The number of esters is 2. The lowest BCUT2D eigenvalue weighted by atomic mass is 9.79. The van der Waals surface area contributed by atoms with E-state index in [9.17, 15) is 9.59 Å². The summed E-state index contributed by atoms with van der Waals surface area (Å²) in [6.07, 6.45) is 4.02. The summed E-state index contributed by atoms with van der Waals surface area (Å²) in [7, 11) is -5.60. The van der Waals surface area contributed by atoms with Crippen molar-refractivity contribution in [2.45, 2.75) is 116 Å². The Morgan fingerprint density at radius 3 is 0.965 bits per heavy atom. The average molecular weight is 835 g/mol. The highest BCUT2D eigenvalue weighted by Gasteiger charge is 2.87. The molecule has 0 amide bonds. The SMILES string of the molecule is C=CC(=O)OC1=CC(OCC)(S(=O)(=O)C2(OCC)C=C(OC(=O)C=C)C(C)C(OCC)(OCC)C2(OCC)OCC)C(OCC)(OCC)C(OCC)(OCC)C1C. The van der Waals surface area contributed by atoms with Gasteiger partial charge in [0.2, 0.25) is 21.4 Å². The average Bonchev–Trinajstić information content (AvgIpc) is 3.17. The molecule has 0 aromatic carbocycles. The Bertz CT molecular complexity index is 1410. The molecule has 0 saturated carbocycles. The molecule has 0 spiro atoms. The Morgan fingerprint density at radius 1 is 0.509 bits per heavy atom. The number of rotatable bonds is 26. The van der Waals surface area contributed by atoms with Crippen LogP contribution in [0.25, 0.3) is 0 Å². The lowest BCUT2D eigenvalue weighted by molar-refractivity contribution is -0.457. The first-order valence-corrected chi connectivity index (χ1v) is 21.3. The first-order valence-electron chi connectivity index (χ1n) is 19.8.